The molecule has 0 fully saturated rings. The third-order valence-electron chi connectivity index (χ3n) is 13.7. The highest BCUT2D eigenvalue weighted by Crippen LogP contribution is 2.19. The van der Waals surface area contributed by atoms with Gasteiger partial charge in [-0.1, -0.05) is 86.5 Å². The van der Waals surface area contributed by atoms with E-state index in [9.17, 15) is 28.8 Å². The maximum Gasteiger partial charge on any atom is 0.444 e. The van der Waals surface area contributed by atoms with Gasteiger partial charge in [0.15, 0.2) is 0 Å². The number of hydroxylamine groups is 2. The molecule has 2 aromatic rings. The van der Waals surface area contributed by atoms with Crippen LogP contribution in [0.5, 0.6) is 0 Å². The van der Waals surface area contributed by atoms with E-state index in [2.05, 4.69) is 106 Å². The number of amides is 2. The molecule has 2 rings (SSSR count). The number of imide groups is 1. The Labute approximate surface area is 621 Å². The summed E-state index contributed by atoms with van der Waals surface area (Å²) in [5.74, 6) is 2.33. The zero-order chi connectivity index (χ0) is 82.2. The number of carbonyl (C=O) groups is 6. The quantitative estimate of drug-likeness (QED) is 0.0322. The van der Waals surface area contributed by atoms with Crippen LogP contribution in [0.3, 0.4) is 0 Å². The van der Waals surface area contributed by atoms with E-state index in [1.54, 1.807) is 55.4 Å². The Kier molecular flexibility index (Phi) is 73.8. The predicted octanol–water partition coefficient (Wildman–Crippen LogP) is 5.42. The number of likely N-dealkylation sites (N-methyl/N-ethyl adjacent to an activating group) is 1. The number of nitrogens with zero attached hydrogens (tertiary/aromatic N) is 7. The van der Waals surface area contributed by atoms with E-state index in [1.807, 2.05) is 19.0 Å². The molecule has 0 bridgehead atoms. The molecule has 0 aliphatic rings. The molecule has 2 aromatic carbocycles. The lowest BCUT2D eigenvalue weighted by Gasteiger charge is -2.35. The third kappa shape index (κ3) is 71.7. The van der Waals surface area contributed by atoms with E-state index in [1.165, 1.54) is 16.0 Å². The summed E-state index contributed by atoms with van der Waals surface area (Å²) < 4.78 is 21.1. The van der Waals surface area contributed by atoms with E-state index in [0.29, 0.717) is 63.4 Å². The van der Waals surface area contributed by atoms with Crippen molar-refractivity contribution in [3.05, 3.63) is 76.9 Å². The molecule has 0 saturated heterocycles. The van der Waals surface area contributed by atoms with Crippen LogP contribution in [0.1, 0.15) is 150 Å². The number of carbonyl (C=O) groups excluding carboxylic acids is 16. The zero-order valence-electron chi connectivity index (χ0n) is 64.0. The zero-order valence-corrected chi connectivity index (χ0v) is 64.0. The van der Waals surface area contributed by atoms with Crippen LogP contribution >= 0.6 is 0 Å². The molecule has 0 heterocycles. The van der Waals surface area contributed by atoms with E-state index in [-0.39, 0.29) is 81.6 Å². The van der Waals surface area contributed by atoms with Crippen LogP contribution in [0.15, 0.2) is 54.6 Å². The summed E-state index contributed by atoms with van der Waals surface area (Å²) in [6.45, 7) is 30.2. The molecule has 1 atom stereocenters. The Balaban J connectivity index is -0.000000417. The first-order valence-corrected chi connectivity index (χ1v) is 34.3. The van der Waals surface area contributed by atoms with Gasteiger partial charge in [0.05, 0.1) is 52.6 Å². The maximum absolute atomic E-state index is 12.7. The summed E-state index contributed by atoms with van der Waals surface area (Å²) in [7, 11) is 4.01. The first-order valence-electron chi connectivity index (χ1n) is 34.3. The lowest BCUT2D eigenvalue weighted by Crippen LogP contribution is -2.46. The molecule has 0 saturated carbocycles. The molecular formula is C72H114N8O26. The predicted molar refractivity (Wildman–Crippen MR) is 376 cm³/mol. The Morgan fingerprint density at radius 3 is 1.19 bits per heavy atom. The largest absolute Gasteiger partial charge is 0.480 e. The summed E-state index contributed by atoms with van der Waals surface area (Å²) in [5.41, 5.74) is 3.18. The van der Waals surface area contributed by atoms with Gasteiger partial charge in [-0.2, -0.15) is 57.5 Å². The Morgan fingerprint density at radius 2 is 0.821 bits per heavy atom. The summed E-state index contributed by atoms with van der Waals surface area (Å²) >= 11 is 0. The summed E-state index contributed by atoms with van der Waals surface area (Å²) in [6, 6.07) is 17.3. The first kappa shape index (κ1) is 108. The number of carboxylic acid groups (broad SMARTS) is 2. The smallest absolute Gasteiger partial charge is 0.444 e. The van der Waals surface area contributed by atoms with E-state index < -0.39 is 35.3 Å². The van der Waals surface area contributed by atoms with Gasteiger partial charge in [0.25, 0.3) is 0 Å². The second-order valence-electron chi connectivity index (χ2n) is 24.7. The fraction of sp³-hybridized carbons (Fsp3) is 0.639. The summed E-state index contributed by atoms with van der Waals surface area (Å²) in [5, 5.41) is 18.6. The van der Waals surface area contributed by atoms with E-state index in [0.717, 1.165) is 121 Å². The Bertz CT molecular complexity index is 2710. The monoisotopic (exact) mass is 1510 g/mol. The van der Waals surface area contributed by atoms with Crippen molar-refractivity contribution >= 4 is 79.0 Å². The lowest BCUT2D eigenvalue weighted by atomic mass is 10.00. The van der Waals surface area contributed by atoms with Gasteiger partial charge < -0.3 is 48.7 Å². The van der Waals surface area contributed by atoms with Crippen molar-refractivity contribution in [2.45, 2.75) is 164 Å². The van der Waals surface area contributed by atoms with Crippen molar-refractivity contribution in [3.8, 4) is 0 Å². The van der Waals surface area contributed by atoms with Crippen molar-refractivity contribution in [3.63, 3.8) is 0 Å². The van der Waals surface area contributed by atoms with Crippen molar-refractivity contribution in [1.82, 2.24) is 34.5 Å². The van der Waals surface area contributed by atoms with Crippen LogP contribution in [0.4, 0.5) is 9.59 Å². The van der Waals surface area contributed by atoms with Crippen LogP contribution < -0.4 is 5.90 Å². The second-order valence-corrected chi connectivity index (χ2v) is 24.7. The van der Waals surface area contributed by atoms with Gasteiger partial charge in [0, 0.05) is 64.9 Å². The number of benzene rings is 2. The minimum atomic E-state index is -1.02. The molecule has 34 heteroatoms. The fourth-order valence-corrected chi connectivity index (χ4v) is 9.44. The number of carboxylic acids is 2. The van der Waals surface area contributed by atoms with Gasteiger partial charge >= 0.3 is 73.0 Å². The van der Waals surface area contributed by atoms with Crippen molar-refractivity contribution < 1.29 is 125 Å². The normalized spacial score (nSPS) is 10.6. The highest BCUT2D eigenvalue weighted by atomic mass is 16.8. The van der Waals surface area contributed by atoms with Crippen LogP contribution in [-0.4, -0.2) is 274 Å². The van der Waals surface area contributed by atoms with Crippen molar-refractivity contribution in [2.75, 3.05) is 139 Å². The van der Waals surface area contributed by atoms with Gasteiger partial charge in [-0.25, -0.2) is 15.5 Å². The van der Waals surface area contributed by atoms with Gasteiger partial charge in [0.1, 0.15) is 11.2 Å². The van der Waals surface area contributed by atoms with Crippen molar-refractivity contribution in [2.24, 2.45) is 5.90 Å². The molecule has 2 amide bonds. The Morgan fingerprint density at radius 1 is 0.472 bits per heavy atom. The van der Waals surface area contributed by atoms with Crippen LogP contribution in [-0.2, 0) is 125 Å². The van der Waals surface area contributed by atoms with Crippen molar-refractivity contribution in [1.29, 1.82) is 0 Å². The molecule has 106 heavy (non-hydrogen) atoms. The molecule has 0 aliphatic carbocycles. The molecule has 0 aromatic heterocycles. The van der Waals surface area contributed by atoms with E-state index in [4.69, 9.17) is 97.4 Å². The minimum Gasteiger partial charge on any atom is -0.480 e. The number of aliphatic carboxylic acids is 2. The van der Waals surface area contributed by atoms with Crippen LogP contribution in [0, 0.1) is 0 Å². The van der Waals surface area contributed by atoms with E-state index >= 15 is 0 Å². The first-order chi connectivity index (χ1) is 50.2. The molecule has 0 radical (unpaired) electrons. The number of rotatable bonds is 45. The van der Waals surface area contributed by atoms with Gasteiger partial charge in [-0.3, -0.25) is 38.7 Å². The molecule has 1 unspecified atom stereocenters. The highest BCUT2D eigenvalue weighted by Gasteiger charge is 2.33. The molecule has 4 N–H and O–H groups in total. The molecule has 0 spiro atoms. The topological polar surface area (TPSA) is 452 Å². The van der Waals surface area contributed by atoms with Gasteiger partial charge in [-0.15, -0.1) is 0 Å². The maximum atomic E-state index is 12.7. The molecule has 0 aliphatic heterocycles. The number of hydrogen-bond donors (Lipinski definition) is 3. The average Bonchev–Trinajstić information content (AvgIpc) is 0.862. The Hall–Kier alpha value is -9.28. The van der Waals surface area contributed by atoms with Crippen LogP contribution in [0.2, 0.25) is 0 Å². The average molecular weight is 1510 g/mol. The van der Waals surface area contributed by atoms with Gasteiger partial charge in [-0.05, 0) is 175 Å². The minimum absolute atomic E-state index is 0.0503. The third-order valence-corrected chi connectivity index (χ3v) is 13.7. The number of ether oxygens (including phenoxy) is 4. The number of nitrogens with two attached hydrogens (primary N) is 1. The SMILES string of the molecule is CCCN(CCC)CCN(CCN(CC(=O)OCC)CC(=O)OCC)C(CC)CCCc1ccc(CCCON(C(=O)OC(C)(C)C)C(=O)OC(C)(C)C)cc1.CN(C)CCN(CC/C=C/c1ccc(CCCON)cc1)CCN(CC(=O)O)CC(=O)O.O=C=O.O=C=O.O=C=O.O=C=O.O=C=O.O=C=O. The molecule has 598 valence electrons. The fourth-order valence-electron chi connectivity index (χ4n) is 9.44. The summed E-state index contributed by atoms with van der Waals surface area (Å²) in [4.78, 5) is 193. The molecular weight excluding hydrogens is 1390 g/mol. The standard InChI is InChI=1S/C43H76N4O9.C23H38N4O5.6CO2/c1-12-26-44(27-13-2)28-30-46(31-29-45(33-38(48)52-15-4)34-39(49)53-16-5)37(14-3)21-17-19-35-22-24-36(25-23-35)20-18-32-54-47(40(50)55-42(6,7)8)41(51)56-43(9,10)11;1-25(2)13-14-26(15-16-27(18-22(28)29)19-23(30)31)12-4-3-6-20-8-10-21(11-9-20)7-5-17-32-24;6*2-1-3/h22-25,37H,12-21,26-34H2,1-11H3;3,6,8-11H,4-5,7,12-19,24H2,1-2H3,(H,28,29)(H,30,31);;;;;;/b;6-3+;;;;;;. The molecule has 34 nitrogen and oxygen atoms in total. The lowest BCUT2D eigenvalue weighted by molar-refractivity contribution is -0.193. The summed E-state index contributed by atoms with van der Waals surface area (Å²) in [6.07, 6.45) is 14.1. The number of aryl methyl sites for hydroxylation is 3. The highest BCUT2D eigenvalue weighted by molar-refractivity contribution is 5.86. The van der Waals surface area contributed by atoms with Gasteiger partial charge in [0.2, 0.25) is 0 Å². The van der Waals surface area contributed by atoms with Crippen LogP contribution in [0.25, 0.3) is 6.08 Å². The second kappa shape index (κ2) is 72.7. The number of esters is 2. The number of hydrogen-bond acceptors (Lipinski definition) is 31.